The number of nitrogens with one attached hydrogen (secondary N) is 1. The molecule has 3 rings (SSSR count). The second kappa shape index (κ2) is 7.32. The van der Waals surface area contributed by atoms with E-state index in [1.54, 1.807) is 0 Å². The molecule has 0 atom stereocenters. The van der Waals surface area contributed by atoms with Crippen LogP contribution in [0.25, 0.3) is 0 Å². The lowest BCUT2D eigenvalue weighted by atomic mass is 9.90. The van der Waals surface area contributed by atoms with Gasteiger partial charge < -0.3 is 11.1 Å². The number of guanidine groups is 1. The van der Waals surface area contributed by atoms with Crippen LogP contribution >= 0.6 is 24.0 Å². The van der Waals surface area contributed by atoms with Crippen molar-refractivity contribution in [1.29, 1.82) is 5.26 Å². The van der Waals surface area contributed by atoms with Crippen LogP contribution in [0.4, 0.5) is 5.69 Å². The molecule has 0 radical (unpaired) electrons. The van der Waals surface area contributed by atoms with Gasteiger partial charge in [0, 0.05) is 24.1 Å². The maximum absolute atomic E-state index is 8.83. The average Bonchev–Trinajstić information content (AvgIpc) is 3.26. The van der Waals surface area contributed by atoms with E-state index in [1.807, 2.05) is 0 Å². The zero-order valence-corrected chi connectivity index (χ0v) is 15.1. The van der Waals surface area contributed by atoms with Gasteiger partial charge >= 0.3 is 0 Å². The molecular formula is C17H23IN4. The third kappa shape index (κ3) is 3.92. The number of hydrogen-bond donors (Lipinski definition) is 2. The molecule has 4 nitrogen and oxygen atoms in total. The molecule has 0 heterocycles. The van der Waals surface area contributed by atoms with Crippen LogP contribution in [0.5, 0.6) is 0 Å². The van der Waals surface area contributed by atoms with E-state index >= 15 is 0 Å². The van der Waals surface area contributed by atoms with Crippen molar-refractivity contribution >= 4 is 35.6 Å². The van der Waals surface area contributed by atoms with E-state index < -0.39 is 0 Å². The van der Waals surface area contributed by atoms with Gasteiger partial charge in [0.1, 0.15) is 0 Å². The summed E-state index contributed by atoms with van der Waals surface area (Å²) >= 11 is 0. The van der Waals surface area contributed by atoms with Crippen molar-refractivity contribution < 1.29 is 0 Å². The Morgan fingerprint density at radius 3 is 2.82 bits per heavy atom. The number of rotatable bonds is 4. The Labute approximate surface area is 149 Å². The van der Waals surface area contributed by atoms with Crippen molar-refractivity contribution in [2.75, 3.05) is 11.9 Å². The predicted molar refractivity (Wildman–Crippen MR) is 101 cm³/mol. The highest BCUT2D eigenvalue weighted by Gasteiger charge is 2.42. The molecule has 1 aromatic rings. The third-order valence-corrected chi connectivity index (χ3v) is 4.65. The molecule has 1 aromatic carbocycles. The van der Waals surface area contributed by atoms with Crippen molar-refractivity contribution in [3.05, 3.63) is 29.3 Å². The van der Waals surface area contributed by atoms with E-state index in [0.717, 1.165) is 31.4 Å². The number of nitriles is 1. The first kappa shape index (κ1) is 17.1. The van der Waals surface area contributed by atoms with Gasteiger partial charge in [0.15, 0.2) is 5.96 Å². The average molecular weight is 410 g/mol. The first-order valence-electron chi connectivity index (χ1n) is 7.77. The molecule has 2 aliphatic carbocycles. The smallest absolute Gasteiger partial charge is 0.193 e. The Bertz CT molecular complexity index is 599. The summed E-state index contributed by atoms with van der Waals surface area (Å²) in [5.74, 6) is 0.471. The van der Waals surface area contributed by atoms with Gasteiger partial charge in [-0.15, -0.1) is 24.0 Å². The fraction of sp³-hybridized carbons (Fsp3) is 0.529. The van der Waals surface area contributed by atoms with Gasteiger partial charge in [0.25, 0.3) is 0 Å². The summed E-state index contributed by atoms with van der Waals surface area (Å²) in [6.07, 6.45) is 7.57. The minimum Gasteiger partial charge on any atom is -0.370 e. The maximum atomic E-state index is 8.83. The second-order valence-electron chi connectivity index (χ2n) is 6.31. The molecular weight excluding hydrogens is 387 g/mol. The molecule has 1 saturated carbocycles. The van der Waals surface area contributed by atoms with Gasteiger partial charge in [-0.05, 0) is 55.7 Å². The van der Waals surface area contributed by atoms with Crippen molar-refractivity contribution in [1.82, 2.24) is 0 Å². The Balaban J connectivity index is 0.00000176. The molecule has 0 aromatic heterocycles. The Morgan fingerprint density at radius 1 is 1.32 bits per heavy atom. The SMILES string of the molecule is I.N#CCC1(CN=C(N)Nc2cccc3c2CCCC3)CC1. The first-order valence-corrected chi connectivity index (χ1v) is 7.77. The number of aliphatic imine (C=N–C) groups is 1. The van der Waals surface area contributed by atoms with E-state index in [1.165, 1.54) is 24.0 Å². The summed E-state index contributed by atoms with van der Waals surface area (Å²) < 4.78 is 0. The lowest BCUT2D eigenvalue weighted by Crippen LogP contribution is -2.25. The standard InChI is InChI=1S/C17H22N4.HI/c18-11-10-17(8-9-17)12-20-16(19)21-15-7-3-5-13-4-1-2-6-14(13)15;/h3,5,7H,1-2,4,6,8-10,12H2,(H3,19,20,21);1H. The predicted octanol–water partition coefficient (Wildman–Crippen LogP) is 3.60. The summed E-state index contributed by atoms with van der Waals surface area (Å²) in [4.78, 5) is 4.45. The summed E-state index contributed by atoms with van der Waals surface area (Å²) in [7, 11) is 0. The van der Waals surface area contributed by atoms with E-state index in [0.29, 0.717) is 18.9 Å². The molecule has 0 aliphatic heterocycles. The minimum absolute atomic E-state index is 0. The first-order chi connectivity index (χ1) is 10.2. The largest absolute Gasteiger partial charge is 0.370 e. The highest BCUT2D eigenvalue weighted by molar-refractivity contribution is 14.0. The fourth-order valence-corrected chi connectivity index (χ4v) is 3.06. The van der Waals surface area contributed by atoms with Crippen molar-refractivity contribution in [3.8, 4) is 6.07 Å². The molecule has 0 spiro atoms. The number of hydrogen-bond acceptors (Lipinski definition) is 2. The van der Waals surface area contributed by atoms with E-state index in [4.69, 9.17) is 11.0 Å². The van der Waals surface area contributed by atoms with Crippen LogP contribution in [-0.4, -0.2) is 12.5 Å². The molecule has 0 unspecified atom stereocenters. The number of anilines is 1. The van der Waals surface area contributed by atoms with Crippen LogP contribution in [0.2, 0.25) is 0 Å². The Morgan fingerprint density at radius 2 is 2.09 bits per heavy atom. The molecule has 22 heavy (non-hydrogen) atoms. The van der Waals surface area contributed by atoms with Crippen molar-refractivity contribution in [3.63, 3.8) is 0 Å². The molecule has 2 aliphatic rings. The van der Waals surface area contributed by atoms with Gasteiger partial charge in [-0.25, -0.2) is 0 Å². The number of halogens is 1. The number of fused-ring (bicyclic) bond motifs is 1. The van der Waals surface area contributed by atoms with Crippen molar-refractivity contribution in [2.45, 2.75) is 44.9 Å². The van der Waals surface area contributed by atoms with Gasteiger partial charge in [-0.2, -0.15) is 5.26 Å². The number of nitrogens with two attached hydrogens (primary N) is 1. The molecule has 118 valence electrons. The van der Waals surface area contributed by atoms with Gasteiger partial charge in [-0.3, -0.25) is 4.99 Å². The highest BCUT2D eigenvalue weighted by Crippen LogP contribution is 2.48. The van der Waals surface area contributed by atoms with Crippen LogP contribution in [0, 0.1) is 16.7 Å². The lowest BCUT2D eigenvalue weighted by molar-refractivity contribution is 0.540. The maximum Gasteiger partial charge on any atom is 0.193 e. The molecule has 0 bridgehead atoms. The van der Waals surface area contributed by atoms with Gasteiger partial charge in [-0.1, -0.05) is 12.1 Å². The van der Waals surface area contributed by atoms with Crippen LogP contribution < -0.4 is 11.1 Å². The number of nitrogens with zero attached hydrogens (tertiary/aromatic N) is 2. The quantitative estimate of drug-likeness (QED) is 0.453. The fourth-order valence-electron chi connectivity index (χ4n) is 3.06. The van der Waals surface area contributed by atoms with E-state index in [-0.39, 0.29) is 29.4 Å². The monoisotopic (exact) mass is 410 g/mol. The molecule has 0 saturated heterocycles. The second-order valence-corrected chi connectivity index (χ2v) is 6.31. The number of benzene rings is 1. The molecule has 0 amide bonds. The van der Waals surface area contributed by atoms with Gasteiger partial charge in [0.05, 0.1) is 6.07 Å². The molecule has 3 N–H and O–H groups in total. The van der Waals surface area contributed by atoms with Crippen LogP contribution in [0.3, 0.4) is 0 Å². The zero-order chi connectivity index (χ0) is 14.7. The highest BCUT2D eigenvalue weighted by atomic mass is 127. The lowest BCUT2D eigenvalue weighted by Gasteiger charge is -2.20. The topological polar surface area (TPSA) is 74.2 Å². The summed E-state index contributed by atoms with van der Waals surface area (Å²) in [5, 5.41) is 12.1. The normalized spacial score (nSPS) is 18.6. The van der Waals surface area contributed by atoms with E-state index in [2.05, 4.69) is 34.6 Å². The van der Waals surface area contributed by atoms with Gasteiger partial charge in [0.2, 0.25) is 0 Å². The van der Waals surface area contributed by atoms with Crippen LogP contribution in [0.15, 0.2) is 23.2 Å². The number of aryl methyl sites for hydroxylation is 1. The summed E-state index contributed by atoms with van der Waals surface area (Å²) in [6.45, 7) is 0.661. The molecule has 5 heteroatoms. The van der Waals surface area contributed by atoms with Crippen molar-refractivity contribution in [2.24, 2.45) is 16.1 Å². The molecule has 1 fully saturated rings. The summed E-state index contributed by atoms with van der Waals surface area (Å²) in [5.41, 5.74) is 10.1. The Kier molecular flexibility index (Phi) is 5.68. The van der Waals surface area contributed by atoms with Crippen LogP contribution in [-0.2, 0) is 12.8 Å². The zero-order valence-electron chi connectivity index (χ0n) is 12.8. The Hall–Kier alpha value is -1.29. The summed E-state index contributed by atoms with van der Waals surface area (Å²) in [6, 6.07) is 8.62. The third-order valence-electron chi connectivity index (χ3n) is 4.65. The van der Waals surface area contributed by atoms with E-state index in [9.17, 15) is 0 Å². The van der Waals surface area contributed by atoms with Crippen LogP contribution in [0.1, 0.15) is 43.2 Å². The minimum atomic E-state index is 0.